The summed E-state index contributed by atoms with van der Waals surface area (Å²) in [7, 11) is 0. The first-order valence-corrected chi connectivity index (χ1v) is 9.13. The van der Waals surface area contributed by atoms with Gasteiger partial charge in [-0.1, -0.05) is 24.3 Å². The lowest BCUT2D eigenvalue weighted by Gasteiger charge is -2.36. The van der Waals surface area contributed by atoms with Gasteiger partial charge in [0.15, 0.2) is 0 Å². The lowest BCUT2D eigenvalue weighted by atomic mass is 9.91. The molecule has 148 valence electrons. The van der Waals surface area contributed by atoms with Gasteiger partial charge in [0.1, 0.15) is 5.60 Å². The number of alkyl halides is 3. The fraction of sp³-hybridized carbons (Fsp3) is 0.381. The maximum absolute atomic E-state index is 12.7. The Balaban J connectivity index is 1.41. The average molecular weight is 391 g/mol. The van der Waals surface area contributed by atoms with Crippen LogP contribution in [0.2, 0.25) is 0 Å². The van der Waals surface area contributed by atoms with E-state index in [2.05, 4.69) is 0 Å². The van der Waals surface area contributed by atoms with E-state index < -0.39 is 17.3 Å². The van der Waals surface area contributed by atoms with Crippen LogP contribution in [0, 0.1) is 0 Å². The number of likely N-dealkylation sites (tertiary alicyclic amines) is 1. The highest BCUT2D eigenvalue weighted by atomic mass is 19.4. The van der Waals surface area contributed by atoms with E-state index in [4.69, 9.17) is 4.74 Å². The summed E-state index contributed by atoms with van der Waals surface area (Å²) in [6.45, 7) is 1.54. The molecule has 4 rings (SSSR count). The molecule has 4 nitrogen and oxygen atoms in total. The summed E-state index contributed by atoms with van der Waals surface area (Å²) in [4.78, 5) is 14.5. The molecule has 0 bridgehead atoms. The molecule has 1 amide bonds. The van der Waals surface area contributed by atoms with Crippen molar-refractivity contribution in [1.29, 1.82) is 0 Å². The lowest BCUT2D eigenvalue weighted by molar-refractivity contribution is -0.184. The molecular weight excluding hydrogens is 371 g/mol. The molecule has 2 aliphatic rings. The molecule has 2 fully saturated rings. The molecule has 0 saturated carbocycles. The van der Waals surface area contributed by atoms with Crippen molar-refractivity contribution < 1.29 is 27.8 Å². The summed E-state index contributed by atoms with van der Waals surface area (Å²) in [6.07, 6.45) is -3.63. The molecule has 0 spiro atoms. The fourth-order valence-electron chi connectivity index (χ4n) is 3.73. The van der Waals surface area contributed by atoms with Crippen LogP contribution in [0.3, 0.4) is 0 Å². The molecule has 2 aromatic rings. The van der Waals surface area contributed by atoms with E-state index in [1.807, 2.05) is 0 Å². The zero-order chi connectivity index (χ0) is 19.9. The highest BCUT2D eigenvalue weighted by Crippen LogP contribution is 2.33. The Morgan fingerprint density at radius 1 is 1.07 bits per heavy atom. The number of ether oxygens (including phenoxy) is 1. The fourth-order valence-corrected chi connectivity index (χ4v) is 3.73. The molecule has 2 heterocycles. The number of nitrogens with zero attached hydrogens (tertiary/aromatic N) is 1. The third kappa shape index (κ3) is 3.52. The van der Waals surface area contributed by atoms with E-state index in [0.717, 1.165) is 23.3 Å². The van der Waals surface area contributed by atoms with Gasteiger partial charge in [-0.2, -0.15) is 13.2 Å². The van der Waals surface area contributed by atoms with Crippen molar-refractivity contribution >= 4 is 5.91 Å². The van der Waals surface area contributed by atoms with Crippen LogP contribution < -0.4 is 0 Å². The first-order chi connectivity index (χ1) is 13.3. The third-order valence-corrected chi connectivity index (χ3v) is 5.54. The average Bonchev–Trinajstić information content (AvgIpc) is 3.15. The highest BCUT2D eigenvalue weighted by molar-refractivity contribution is 5.94. The number of hydrogen-bond acceptors (Lipinski definition) is 3. The maximum atomic E-state index is 12.7. The summed E-state index contributed by atoms with van der Waals surface area (Å²) < 4.78 is 43.2. The quantitative estimate of drug-likeness (QED) is 0.871. The molecule has 2 aromatic carbocycles. The Morgan fingerprint density at radius 3 is 2.25 bits per heavy atom. The van der Waals surface area contributed by atoms with Gasteiger partial charge in [0, 0.05) is 24.6 Å². The molecule has 0 aromatic heterocycles. The SMILES string of the molecule is O=C(c1ccc(C2(O)COC2)cc1)N1CCC(c2ccc(C(F)(F)F)cc2)C1. The van der Waals surface area contributed by atoms with Gasteiger partial charge >= 0.3 is 6.18 Å². The van der Waals surface area contributed by atoms with Crippen LogP contribution in [0.15, 0.2) is 48.5 Å². The zero-order valence-electron chi connectivity index (χ0n) is 15.1. The van der Waals surface area contributed by atoms with Crippen molar-refractivity contribution in [1.82, 2.24) is 4.90 Å². The van der Waals surface area contributed by atoms with Crippen molar-refractivity contribution in [3.63, 3.8) is 0 Å². The minimum absolute atomic E-state index is 0.0262. The van der Waals surface area contributed by atoms with E-state index in [-0.39, 0.29) is 25.0 Å². The number of carbonyl (C=O) groups excluding carboxylic acids is 1. The Hall–Kier alpha value is -2.38. The summed E-state index contributed by atoms with van der Waals surface area (Å²) in [5.74, 6) is -0.0869. The van der Waals surface area contributed by atoms with Crippen LogP contribution in [0.5, 0.6) is 0 Å². The van der Waals surface area contributed by atoms with E-state index >= 15 is 0 Å². The van der Waals surface area contributed by atoms with Crippen molar-refractivity contribution in [2.45, 2.75) is 24.1 Å². The van der Waals surface area contributed by atoms with Gasteiger partial charge in [-0.3, -0.25) is 4.79 Å². The maximum Gasteiger partial charge on any atom is 0.416 e. The second-order valence-corrected chi connectivity index (χ2v) is 7.46. The molecule has 2 aliphatic heterocycles. The molecule has 2 saturated heterocycles. The van der Waals surface area contributed by atoms with Crippen LogP contribution in [0.25, 0.3) is 0 Å². The topological polar surface area (TPSA) is 49.8 Å². The van der Waals surface area contributed by atoms with Crippen LogP contribution in [-0.4, -0.2) is 42.2 Å². The lowest BCUT2D eigenvalue weighted by Crippen LogP contribution is -2.46. The number of amides is 1. The molecule has 7 heteroatoms. The van der Waals surface area contributed by atoms with E-state index in [9.17, 15) is 23.1 Å². The second kappa shape index (κ2) is 6.90. The van der Waals surface area contributed by atoms with Crippen molar-refractivity contribution in [3.8, 4) is 0 Å². The van der Waals surface area contributed by atoms with Gasteiger partial charge in [-0.15, -0.1) is 0 Å². The Morgan fingerprint density at radius 2 is 1.71 bits per heavy atom. The molecule has 1 atom stereocenters. The summed E-state index contributed by atoms with van der Waals surface area (Å²) >= 11 is 0. The number of halogens is 3. The molecule has 28 heavy (non-hydrogen) atoms. The Bertz CT molecular complexity index is 858. The largest absolute Gasteiger partial charge is 0.416 e. The normalized spacial score (nSPS) is 21.4. The number of aliphatic hydroxyl groups is 1. The van der Waals surface area contributed by atoms with Crippen LogP contribution in [0.4, 0.5) is 13.2 Å². The third-order valence-electron chi connectivity index (χ3n) is 5.54. The van der Waals surface area contributed by atoms with Crippen molar-refractivity contribution in [2.75, 3.05) is 26.3 Å². The highest BCUT2D eigenvalue weighted by Gasteiger charge is 2.38. The van der Waals surface area contributed by atoms with Crippen LogP contribution in [-0.2, 0) is 16.5 Å². The van der Waals surface area contributed by atoms with E-state index in [1.54, 1.807) is 29.2 Å². The smallest absolute Gasteiger partial charge is 0.380 e. The first kappa shape index (κ1) is 19.0. The van der Waals surface area contributed by atoms with Crippen molar-refractivity contribution in [3.05, 3.63) is 70.8 Å². The van der Waals surface area contributed by atoms with Crippen LogP contribution in [0.1, 0.15) is 39.4 Å². The summed E-state index contributed by atoms with van der Waals surface area (Å²) in [5.41, 5.74) is 0.426. The summed E-state index contributed by atoms with van der Waals surface area (Å²) in [6, 6.07) is 12.0. The molecular formula is C21H20F3NO3. The first-order valence-electron chi connectivity index (χ1n) is 9.13. The number of benzene rings is 2. The van der Waals surface area contributed by atoms with E-state index in [1.165, 1.54) is 12.1 Å². The monoisotopic (exact) mass is 391 g/mol. The van der Waals surface area contributed by atoms with Crippen LogP contribution >= 0.6 is 0 Å². The minimum Gasteiger partial charge on any atom is -0.380 e. The number of hydrogen-bond donors (Lipinski definition) is 1. The molecule has 1 N–H and O–H groups in total. The number of carbonyl (C=O) groups is 1. The second-order valence-electron chi connectivity index (χ2n) is 7.46. The van der Waals surface area contributed by atoms with Gasteiger partial charge in [0.25, 0.3) is 5.91 Å². The van der Waals surface area contributed by atoms with Crippen molar-refractivity contribution in [2.24, 2.45) is 0 Å². The minimum atomic E-state index is -4.35. The van der Waals surface area contributed by atoms with Gasteiger partial charge in [-0.05, 0) is 41.8 Å². The van der Waals surface area contributed by atoms with Gasteiger partial charge in [0.05, 0.1) is 18.8 Å². The predicted molar refractivity (Wildman–Crippen MR) is 95.9 cm³/mol. The molecule has 0 radical (unpaired) electrons. The van der Waals surface area contributed by atoms with Gasteiger partial charge in [0.2, 0.25) is 0 Å². The summed E-state index contributed by atoms with van der Waals surface area (Å²) in [5, 5.41) is 10.3. The molecule has 0 aliphatic carbocycles. The number of rotatable bonds is 3. The standard InChI is InChI=1S/C21H20F3NO3/c22-21(23,24)18-7-1-14(2-8-18)16-9-10-25(11-16)19(26)15-3-5-17(6-4-15)20(27)12-28-13-20/h1-8,16,27H,9-13H2. The van der Waals surface area contributed by atoms with E-state index in [0.29, 0.717) is 25.1 Å². The zero-order valence-corrected chi connectivity index (χ0v) is 15.1. The Kier molecular flexibility index (Phi) is 4.67. The predicted octanol–water partition coefficient (Wildman–Crippen LogP) is 3.55. The Labute approximate surface area is 160 Å². The van der Waals surface area contributed by atoms with Gasteiger partial charge < -0.3 is 14.7 Å². The molecule has 1 unspecified atom stereocenters. The van der Waals surface area contributed by atoms with Gasteiger partial charge in [-0.25, -0.2) is 0 Å².